The molecule has 0 radical (unpaired) electrons. The summed E-state index contributed by atoms with van der Waals surface area (Å²) >= 11 is 0. The maximum atomic E-state index is 13.7. The molecule has 2 aromatic heterocycles. The molecule has 12 N–H and O–H groups in total. The number of carboxylic acids is 1. The minimum Gasteiger partial charge on any atom is -0.489 e. The number of aliphatic hydroxyl groups is 1. The maximum Gasteiger partial charge on any atom is 0.308 e. The van der Waals surface area contributed by atoms with Gasteiger partial charge in [0.1, 0.15) is 61.0 Å². The van der Waals surface area contributed by atoms with Crippen LogP contribution in [0.4, 0.5) is 0 Å². The highest BCUT2D eigenvalue weighted by Crippen LogP contribution is 2.19. The fourth-order valence-electron chi connectivity index (χ4n) is 10.1. The number of H-pyrrole nitrogens is 2. The maximum absolute atomic E-state index is 13.7. The third kappa shape index (κ3) is 39.3. The fraction of sp³-hybridized carbons (Fsp3) is 0.459. The lowest BCUT2D eigenvalue weighted by molar-refractivity contribution is -0.146. The number of nitrogens with one attached hydrogen (secondary N) is 10. The van der Waals surface area contributed by atoms with Crippen molar-refractivity contribution in [2.75, 3.05) is 65.8 Å². The summed E-state index contributed by atoms with van der Waals surface area (Å²) in [4.78, 5) is 147. The van der Waals surface area contributed by atoms with Gasteiger partial charge in [-0.25, -0.2) is 9.97 Å². The molecule has 0 aliphatic rings. The molecule has 109 heavy (non-hydrogen) atoms. The van der Waals surface area contributed by atoms with Crippen LogP contribution < -0.4 is 52.0 Å². The Kier molecular flexibility index (Phi) is 42.8. The molecule has 588 valence electrons. The Labute approximate surface area is 631 Å². The standard InChI is InChI=1S/C37H49N9O8.C32H43N7O8.C5H8N2O/c1-25(2)19-31(44-37(51)32(43-26(3)47)20-27-9-11-30(12-10-27)54-23-28-7-5-4-6-8-28)36(50)45-33(35(49)40-14-17-52-18-15-42-46-38)21-34(48)53-16-13-29-22-39-24-41-29;1-21(2)17-26(31(44)38-28(19-29(41)42)30(43)34-13-15-46-16-14-35-39-33)37-32(45)27(36-22(3)40)18-23-9-11-25(12-10-23)47-20-24-7-5-4-6-8-24;8-2-1-5-3-6-4-7-5/h4-12,22,24-25,31-33H,13-21,23H2,1-3H3,(H,39,41)(H,40,49)(H,43,47)(H,44,51)(H,45,50);4-12,21,26-28H,13-20H2,1-3H3,(H,34,43)(H,36,40)(H,37,45)(H,38,44)(H,41,42);3-4,8H,1-2H2,(H,6,7)/t31-,32+,33+;26-,27+,28+;/m11./s1. The zero-order valence-electron chi connectivity index (χ0n) is 62.1. The quantitative estimate of drug-likeness (QED) is 0.00797. The number of hydrogen-bond acceptors (Lipinski definition) is 20. The van der Waals surface area contributed by atoms with Crippen LogP contribution in [0.3, 0.4) is 0 Å². The number of amides is 8. The predicted octanol–water partition coefficient (Wildman–Crippen LogP) is 4.86. The van der Waals surface area contributed by atoms with Crippen molar-refractivity contribution in [3.05, 3.63) is 189 Å². The number of ether oxygens (including phenoxy) is 5. The van der Waals surface area contributed by atoms with Crippen molar-refractivity contribution in [2.24, 2.45) is 22.1 Å². The van der Waals surface area contributed by atoms with Gasteiger partial charge in [-0.05, 0) is 82.3 Å². The van der Waals surface area contributed by atoms with E-state index >= 15 is 0 Å². The molecular formula is C74H100N18O17. The van der Waals surface area contributed by atoms with Gasteiger partial charge in [0.25, 0.3) is 0 Å². The van der Waals surface area contributed by atoms with Crippen LogP contribution in [-0.4, -0.2) is 191 Å². The van der Waals surface area contributed by atoms with Crippen LogP contribution in [0, 0.1) is 11.8 Å². The van der Waals surface area contributed by atoms with Crippen molar-refractivity contribution in [2.45, 2.75) is 142 Å². The van der Waals surface area contributed by atoms with Gasteiger partial charge in [0.2, 0.25) is 47.3 Å². The molecule has 6 rings (SSSR count). The smallest absolute Gasteiger partial charge is 0.308 e. The van der Waals surface area contributed by atoms with E-state index in [2.05, 4.69) is 82.5 Å². The molecule has 8 amide bonds. The van der Waals surface area contributed by atoms with Crippen LogP contribution in [0.2, 0.25) is 0 Å². The Bertz CT molecular complexity index is 3810. The fourth-order valence-corrected chi connectivity index (χ4v) is 10.1. The highest BCUT2D eigenvalue weighted by atomic mass is 16.5. The molecule has 35 nitrogen and oxygen atoms in total. The molecule has 0 fully saturated rings. The first-order valence-corrected chi connectivity index (χ1v) is 35.4. The summed E-state index contributed by atoms with van der Waals surface area (Å²) in [5.74, 6) is -5.89. The SMILES string of the molecule is CC(=O)N[C@@H](Cc1ccc(OCc2ccccc2)cc1)C(=O)N[C@H](CC(C)C)C(=O)N[C@@H](CC(=O)O)C(=O)NCCOCCN=[N+]=[N-].CC(=O)N[C@@H](Cc1ccc(OCc2ccccc2)cc1)C(=O)N[C@H](CC(C)C)C(=O)N[C@@H](CC(=O)OCCc1cnc[nH]1)C(=O)NCCOCCN=[N+]=[N-].OCCc1cnc[nH]1. The van der Waals surface area contributed by atoms with Crippen LogP contribution in [0.15, 0.2) is 144 Å². The Morgan fingerprint density at radius 2 is 0.872 bits per heavy atom. The lowest BCUT2D eigenvalue weighted by Gasteiger charge is -2.26. The van der Waals surface area contributed by atoms with Gasteiger partial charge in [-0.15, -0.1) is 0 Å². The van der Waals surface area contributed by atoms with Gasteiger partial charge < -0.3 is 86.4 Å². The first kappa shape index (κ1) is 89.5. The second-order valence-corrected chi connectivity index (χ2v) is 25.4. The minimum atomic E-state index is -1.43. The van der Waals surface area contributed by atoms with Crippen molar-refractivity contribution < 1.29 is 81.8 Å². The number of esters is 1. The van der Waals surface area contributed by atoms with Gasteiger partial charge in [-0.3, -0.25) is 47.9 Å². The lowest BCUT2D eigenvalue weighted by atomic mass is 10.0. The van der Waals surface area contributed by atoms with Gasteiger partial charge >= 0.3 is 11.9 Å². The molecule has 0 bridgehead atoms. The van der Waals surface area contributed by atoms with E-state index in [1.54, 1.807) is 67.3 Å². The Balaban J connectivity index is 0.000000419. The number of aliphatic carboxylic acids is 1. The summed E-state index contributed by atoms with van der Waals surface area (Å²) in [5, 5.41) is 45.3. The van der Waals surface area contributed by atoms with E-state index in [0.717, 1.165) is 33.6 Å². The van der Waals surface area contributed by atoms with E-state index in [0.29, 0.717) is 37.6 Å². The molecular weight excluding hydrogens is 1410 g/mol. The largest absolute Gasteiger partial charge is 0.489 e. The van der Waals surface area contributed by atoms with Gasteiger partial charge in [0.15, 0.2) is 0 Å². The van der Waals surface area contributed by atoms with E-state index < -0.39 is 108 Å². The summed E-state index contributed by atoms with van der Waals surface area (Å²) in [6, 6.07) is 26.6. The summed E-state index contributed by atoms with van der Waals surface area (Å²) in [5.41, 5.74) is 21.9. The molecule has 0 unspecified atom stereocenters. The minimum absolute atomic E-state index is 0.0162. The number of carboxylic acid groups (broad SMARTS) is 1. The van der Waals surface area contributed by atoms with Crippen molar-refractivity contribution >= 4 is 59.2 Å². The van der Waals surface area contributed by atoms with Gasteiger partial charge in [0, 0.05) is 106 Å². The van der Waals surface area contributed by atoms with E-state index in [1.807, 2.05) is 88.4 Å². The topological polar surface area (TPSA) is 508 Å². The van der Waals surface area contributed by atoms with E-state index in [4.69, 9.17) is 39.9 Å². The molecule has 35 heteroatoms. The predicted molar refractivity (Wildman–Crippen MR) is 399 cm³/mol. The summed E-state index contributed by atoms with van der Waals surface area (Å²) in [6.07, 6.45) is 6.87. The number of carbonyl (C=O) groups excluding carboxylic acids is 9. The molecule has 0 spiro atoms. The van der Waals surface area contributed by atoms with E-state index in [-0.39, 0.29) is 103 Å². The van der Waals surface area contributed by atoms with Crippen LogP contribution in [0.5, 0.6) is 11.5 Å². The number of aromatic amines is 2. The number of nitrogens with zero attached hydrogens (tertiary/aromatic N) is 8. The summed E-state index contributed by atoms with van der Waals surface area (Å²) in [6.45, 7) is 11.7. The molecule has 0 aliphatic heterocycles. The summed E-state index contributed by atoms with van der Waals surface area (Å²) < 4.78 is 27.5. The number of aliphatic hydroxyl groups excluding tert-OH is 1. The number of benzene rings is 4. The van der Waals surface area contributed by atoms with Crippen molar-refractivity contribution in [1.29, 1.82) is 0 Å². The zero-order chi connectivity index (χ0) is 79.6. The van der Waals surface area contributed by atoms with Crippen LogP contribution in [-0.2, 0) is 101 Å². The third-order valence-corrected chi connectivity index (χ3v) is 15.3. The monoisotopic (exact) mass is 1510 g/mol. The number of aromatic nitrogens is 4. The molecule has 6 atom stereocenters. The Morgan fingerprint density at radius 1 is 0.477 bits per heavy atom. The normalized spacial score (nSPS) is 12.2. The second-order valence-electron chi connectivity index (χ2n) is 25.4. The van der Waals surface area contributed by atoms with Crippen LogP contribution >= 0.6 is 0 Å². The Morgan fingerprint density at radius 3 is 1.24 bits per heavy atom. The first-order valence-electron chi connectivity index (χ1n) is 35.4. The lowest BCUT2D eigenvalue weighted by Crippen LogP contribution is -2.57. The number of hydrogen-bond donors (Lipinski definition) is 12. The Hall–Kier alpha value is -11.9. The number of carbonyl (C=O) groups is 10. The number of rotatable bonds is 47. The van der Waals surface area contributed by atoms with Gasteiger partial charge in [-0.2, -0.15) is 0 Å². The van der Waals surface area contributed by atoms with Crippen molar-refractivity contribution in [3.63, 3.8) is 0 Å². The average Bonchev–Trinajstić information content (AvgIpc) is 1.10. The third-order valence-electron chi connectivity index (χ3n) is 15.3. The molecule has 2 heterocycles. The molecule has 6 aromatic rings. The average molecular weight is 1510 g/mol. The van der Waals surface area contributed by atoms with Crippen LogP contribution in [0.1, 0.15) is 101 Å². The molecule has 0 aliphatic carbocycles. The van der Waals surface area contributed by atoms with Crippen molar-refractivity contribution in [3.8, 4) is 11.5 Å². The summed E-state index contributed by atoms with van der Waals surface area (Å²) in [7, 11) is 0. The van der Waals surface area contributed by atoms with Gasteiger partial charge in [0.05, 0.1) is 58.5 Å². The van der Waals surface area contributed by atoms with E-state index in [1.165, 1.54) is 20.2 Å². The van der Waals surface area contributed by atoms with E-state index in [9.17, 15) is 53.1 Å². The second kappa shape index (κ2) is 52.1. The van der Waals surface area contributed by atoms with Gasteiger partial charge in [-0.1, -0.05) is 123 Å². The highest BCUT2D eigenvalue weighted by Gasteiger charge is 2.34. The zero-order valence-corrected chi connectivity index (χ0v) is 62.1. The molecule has 0 saturated carbocycles. The highest BCUT2D eigenvalue weighted by molar-refractivity contribution is 5.97. The molecule has 4 aromatic carbocycles. The number of imidazole rings is 2. The van der Waals surface area contributed by atoms with Crippen LogP contribution in [0.25, 0.3) is 20.9 Å². The first-order chi connectivity index (χ1) is 52.4. The number of azide groups is 2. The van der Waals surface area contributed by atoms with Crippen molar-refractivity contribution in [1.82, 2.24) is 62.5 Å². The molecule has 0 saturated heterocycles.